The molecular formula is C16H23NO. The Morgan fingerprint density at radius 1 is 1.28 bits per heavy atom. The van der Waals surface area contributed by atoms with Gasteiger partial charge in [0, 0.05) is 30.3 Å². The fourth-order valence-corrected chi connectivity index (χ4v) is 2.60. The quantitative estimate of drug-likeness (QED) is 0.875. The first-order valence-electron chi connectivity index (χ1n) is 6.75. The Kier molecular flexibility index (Phi) is 3.76. The predicted molar refractivity (Wildman–Crippen MR) is 77.2 cm³/mol. The van der Waals surface area contributed by atoms with E-state index in [1.165, 1.54) is 27.7 Å². The van der Waals surface area contributed by atoms with Crippen molar-refractivity contribution in [1.29, 1.82) is 0 Å². The van der Waals surface area contributed by atoms with Crippen molar-refractivity contribution < 1.29 is 5.11 Å². The summed E-state index contributed by atoms with van der Waals surface area (Å²) in [6, 6.07) is 6.77. The lowest BCUT2D eigenvalue weighted by Crippen LogP contribution is -1.94. The molecule has 0 saturated heterocycles. The van der Waals surface area contributed by atoms with Crippen molar-refractivity contribution in [3.8, 4) is 0 Å². The smallest absolute Gasteiger partial charge is 0.0482 e. The molecule has 2 rings (SSSR count). The first-order chi connectivity index (χ1) is 8.56. The van der Waals surface area contributed by atoms with Gasteiger partial charge in [0.15, 0.2) is 0 Å². The molecule has 0 bridgehead atoms. The second-order valence-corrected chi connectivity index (χ2v) is 5.38. The van der Waals surface area contributed by atoms with E-state index in [2.05, 4.69) is 50.6 Å². The SMILES string of the molecule is Cc1c(CCCO)c2cc(C(C)C)ccc2n1C. The Balaban J connectivity index is 2.59. The van der Waals surface area contributed by atoms with Crippen molar-refractivity contribution >= 4 is 10.9 Å². The minimum absolute atomic E-state index is 0.264. The third-order valence-electron chi connectivity index (χ3n) is 3.90. The molecule has 0 aliphatic rings. The van der Waals surface area contributed by atoms with Gasteiger partial charge in [0.1, 0.15) is 0 Å². The molecule has 2 aromatic rings. The second kappa shape index (κ2) is 5.15. The molecule has 0 amide bonds. The molecule has 2 heteroatoms. The molecule has 1 N–H and O–H groups in total. The number of aliphatic hydroxyl groups excluding tert-OH is 1. The van der Waals surface area contributed by atoms with Crippen molar-refractivity contribution in [3.63, 3.8) is 0 Å². The first kappa shape index (κ1) is 13.2. The summed E-state index contributed by atoms with van der Waals surface area (Å²) in [5, 5.41) is 10.4. The Hall–Kier alpha value is -1.28. The summed E-state index contributed by atoms with van der Waals surface area (Å²) in [6.45, 7) is 6.89. The fourth-order valence-electron chi connectivity index (χ4n) is 2.60. The molecule has 0 atom stereocenters. The fraction of sp³-hybridized carbons (Fsp3) is 0.500. The number of aromatic nitrogens is 1. The molecule has 1 aromatic carbocycles. The van der Waals surface area contributed by atoms with E-state index in [1.807, 2.05) is 0 Å². The summed E-state index contributed by atoms with van der Waals surface area (Å²) >= 11 is 0. The van der Waals surface area contributed by atoms with Gasteiger partial charge in [-0.05, 0) is 48.9 Å². The number of fused-ring (bicyclic) bond motifs is 1. The third kappa shape index (κ3) is 2.17. The van der Waals surface area contributed by atoms with E-state index in [0.29, 0.717) is 5.92 Å². The number of rotatable bonds is 4. The number of benzene rings is 1. The van der Waals surface area contributed by atoms with Gasteiger partial charge in [0.25, 0.3) is 0 Å². The van der Waals surface area contributed by atoms with Crippen LogP contribution >= 0.6 is 0 Å². The number of aliphatic hydroxyl groups is 1. The lowest BCUT2D eigenvalue weighted by Gasteiger charge is -2.06. The zero-order chi connectivity index (χ0) is 13.3. The molecule has 0 aliphatic carbocycles. The van der Waals surface area contributed by atoms with Crippen LogP contribution in [0.1, 0.15) is 43.0 Å². The normalized spacial score (nSPS) is 11.7. The zero-order valence-corrected chi connectivity index (χ0v) is 11.8. The molecule has 0 aliphatic heterocycles. The number of aryl methyl sites for hydroxylation is 2. The minimum Gasteiger partial charge on any atom is -0.396 e. The summed E-state index contributed by atoms with van der Waals surface area (Å²) in [7, 11) is 2.12. The van der Waals surface area contributed by atoms with Gasteiger partial charge in [0.2, 0.25) is 0 Å². The monoisotopic (exact) mass is 245 g/mol. The van der Waals surface area contributed by atoms with Gasteiger partial charge in [-0.2, -0.15) is 0 Å². The number of hydrogen-bond donors (Lipinski definition) is 1. The van der Waals surface area contributed by atoms with E-state index in [0.717, 1.165) is 12.8 Å². The highest BCUT2D eigenvalue weighted by Gasteiger charge is 2.12. The highest BCUT2D eigenvalue weighted by Crippen LogP contribution is 2.29. The number of nitrogens with zero attached hydrogens (tertiary/aromatic N) is 1. The maximum atomic E-state index is 9.03. The Morgan fingerprint density at radius 2 is 2.00 bits per heavy atom. The molecule has 0 saturated carbocycles. The first-order valence-corrected chi connectivity index (χ1v) is 6.75. The lowest BCUT2D eigenvalue weighted by atomic mass is 9.99. The molecule has 0 radical (unpaired) electrons. The largest absolute Gasteiger partial charge is 0.396 e. The van der Waals surface area contributed by atoms with Crippen LogP contribution < -0.4 is 0 Å². The van der Waals surface area contributed by atoms with Gasteiger partial charge < -0.3 is 9.67 Å². The maximum absolute atomic E-state index is 9.03. The zero-order valence-electron chi connectivity index (χ0n) is 11.8. The average molecular weight is 245 g/mol. The van der Waals surface area contributed by atoms with Crippen LogP contribution in [-0.4, -0.2) is 16.3 Å². The van der Waals surface area contributed by atoms with E-state index in [9.17, 15) is 0 Å². The van der Waals surface area contributed by atoms with Crippen LogP contribution in [-0.2, 0) is 13.5 Å². The van der Waals surface area contributed by atoms with Crippen LogP contribution in [0, 0.1) is 6.92 Å². The van der Waals surface area contributed by atoms with Crippen LogP contribution in [0.4, 0.5) is 0 Å². The maximum Gasteiger partial charge on any atom is 0.0482 e. The summed E-state index contributed by atoms with van der Waals surface area (Å²) < 4.78 is 2.26. The molecule has 0 fully saturated rings. The predicted octanol–water partition coefficient (Wildman–Crippen LogP) is 3.54. The van der Waals surface area contributed by atoms with Gasteiger partial charge in [0.05, 0.1) is 0 Å². The van der Waals surface area contributed by atoms with Gasteiger partial charge in [-0.15, -0.1) is 0 Å². The summed E-state index contributed by atoms with van der Waals surface area (Å²) in [5.41, 5.74) is 5.39. The van der Waals surface area contributed by atoms with Gasteiger partial charge in [-0.25, -0.2) is 0 Å². The Labute approximate surface area is 109 Å². The van der Waals surface area contributed by atoms with Gasteiger partial charge >= 0.3 is 0 Å². The van der Waals surface area contributed by atoms with Gasteiger partial charge in [-0.3, -0.25) is 0 Å². The van der Waals surface area contributed by atoms with Crippen LogP contribution in [0.25, 0.3) is 10.9 Å². The van der Waals surface area contributed by atoms with Crippen molar-refractivity contribution in [2.24, 2.45) is 7.05 Å². The van der Waals surface area contributed by atoms with Gasteiger partial charge in [-0.1, -0.05) is 19.9 Å². The van der Waals surface area contributed by atoms with Crippen LogP contribution in [0.2, 0.25) is 0 Å². The minimum atomic E-state index is 0.264. The van der Waals surface area contributed by atoms with Crippen molar-refractivity contribution in [2.45, 2.75) is 39.5 Å². The van der Waals surface area contributed by atoms with E-state index < -0.39 is 0 Å². The van der Waals surface area contributed by atoms with Crippen molar-refractivity contribution in [1.82, 2.24) is 4.57 Å². The number of hydrogen-bond acceptors (Lipinski definition) is 1. The highest BCUT2D eigenvalue weighted by atomic mass is 16.2. The highest BCUT2D eigenvalue weighted by molar-refractivity contribution is 5.86. The standard InChI is InChI=1S/C16H23NO/c1-11(2)13-7-8-16-15(10-13)14(6-5-9-18)12(3)17(16)4/h7-8,10-11,18H,5-6,9H2,1-4H3. The van der Waals surface area contributed by atoms with Crippen molar-refractivity contribution in [2.75, 3.05) is 6.61 Å². The molecule has 1 heterocycles. The van der Waals surface area contributed by atoms with E-state index >= 15 is 0 Å². The Bertz CT molecular complexity index is 552. The van der Waals surface area contributed by atoms with E-state index in [1.54, 1.807) is 0 Å². The third-order valence-corrected chi connectivity index (χ3v) is 3.90. The molecule has 0 unspecified atom stereocenters. The van der Waals surface area contributed by atoms with E-state index in [-0.39, 0.29) is 6.61 Å². The van der Waals surface area contributed by atoms with Crippen LogP contribution in [0.15, 0.2) is 18.2 Å². The molecule has 2 nitrogen and oxygen atoms in total. The van der Waals surface area contributed by atoms with Crippen molar-refractivity contribution in [3.05, 3.63) is 35.0 Å². The summed E-state index contributed by atoms with van der Waals surface area (Å²) in [6.07, 6.45) is 1.80. The van der Waals surface area contributed by atoms with Crippen LogP contribution in [0.3, 0.4) is 0 Å². The molecule has 98 valence electrons. The summed E-state index contributed by atoms with van der Waals surface area (Å²) in [4.78, 5) is 0. The molecular weight excluding hydrogens is 222 g/mol. The second-order valence-electron chi connectivity index (χ2n) is 5.38. The lowest BCUT2D eigenvalue weighted by molar-refractivity contribution is 0.288. The van der Waals surface area contributed by atoms with E-state index in [4.69, 9.17) is 5.11 Å². The van der Waals surface area contributed by atoms with Crippen LogP contribution in [0.5, 0.6) is 0 Å². The molecule has 0 spiro atoms. The topological polar surface area (TPSA) is 25.2 Å². The summed E-state index contributed by atoms with van der Waals surface area (Å²) in [5.74, 6) is 0.556. The molecule has 18 heavy (non-hydrogen) atoms. The average Bonchev–Trinajstić information content (AvgIpc) is 2.59. The Morgan fingerprint density at radius 3 is 2.61 bits per heavy atom. The molecule has 1 aromatic heterocycles.